The van der Waals surface area contributed by atoms with Crippen LogP contribution in [0.1, 0.15) is 35.2 Å². The van der Waals surface area contributed by atoms with E-state index in [4.69, 9.17) is 0 Å². The second-order valence-electron chi connectivity index (χ2n) is 6.83. The highest BCUT2D eigenvalue weighted by molar-refractivity contribution is 7.13. The number of anilines is 2. The van der Waals surface area contributed by atoms with Crippen molar-refractivity contribution >= 4 is 45.8 Å². The fourth-order valence-corrected chi connectivity index (χ4v) is 3.87. The van der Waals surface area contributed by atoms with Gasteiger partial charge in [0.15, 0.2) is 10.9 Å². The van der Waals surface area contributed by atoms with Gasteiger partial charge in [-0.1, -0.05) is 6.07 Å². The summed E-state index contributed by atoms with van der Waals surface area (Å²) in [5, 5.41) is 15.4. The number of nitrogens with one attached hydrogen (secondary N) is 2. The number of benzene rings is 1. The molecule has 1 atom stereocenters. The van der Waals surface area contributed by atoms with E-state index in [-0.39, 0.29) is 18.1 Å². The number of para-hydroxylation sites is 1. The standard InChI is InChI=1S/C19H17F3N4O5S/c20-19(21,22)11-4-1-3-10(13(27)9-14(28)24-17-23-6-8-32-17)15(11)25-16(29)12-5-2-7-26(12)18(30)31/h1,3-4,6,8,12H,2,5,7,9H2,(H,25,29)(H,30,31)(H,23,24,28). The number of aromatic nitrogens is 1. The largest absolute Gasteiger partial charge is 0.465 e. The molecule has 3 rings (SSSR count). The average Bonchev–Trinajstić information content (AvgIpc) is 3.38. The molecule has 1 aromatic carbocycles. The molecule has 32 heavy (non-hydrogen) atoms. The number of hydrogen-bond acceptors (Lipinski definition) is 6. The predicted octanol–water partition coefficient (Wildman–Crippen LogP) is 3.45. The minimum atomic E-state index is -4.91. The molecule has 0 spiro atoms. The second-order valence-corrected chi connectivity index (χ2v) is 7.73. The van der Waals surface area contributed by atoms with E-state index >= 15 is 0 Å². The van der Waals surface area contributed by atoms with Gasteiger partial charge in [-0.15, -0.1) is 11.3 Å². The summed E-state index contributed by atoms with van der Waals surface area (Å²) in [5.41, 5.74) is -2.60. The van der Waals surface area contributed by atoms with Gasteiger partial charge in [0.2, 0.25) is 11.8 Å². The maximum Gasteiger partial charge on any atom is 0.418 e. The van der Waals surface area contributed by atoms with Crippen LogP contribution in [0.4, 0.5) is 28.8 Å². The molecule has 0 saturated carbocycles. The Balaban J connectivity index is 1.88. The van der Waals surface area contributed by atoms with Crippen molar-refractivity contribution in [2.45, 2.75) is 31.5 Å². The smallest absolute Gasteiger partial charge is 0.418 e. The molecule has 2 aromatic rings. The van der Waals surface area contributed by atoms with Crippen LogP contribution in [0, 0.1) is 0 Å². The van der Waals surface area contributed by atoms with Gasteiger partial charge in [0, 0.05) is 23.7 Å². The quantitative estimate of drug-likeness (QED) is 0.438. The zero-order valence-electron chi connectivity index (χ0n) is 16.3. The van der Waals surface area contributed by atoms with Crippen LogP contribution < -0.4 is 10.6 Å². The van der Waals surface area contributed by atoms with Gasteiger partial charge in [-0.2, -0.15) is 13.2 Å². The van der Waals surface area contributed by atoms with Gasteiger partial charge in [0.05, 0.1) is 17.7 Å². The Hall–Kier alpha value is -3.48. The fourth-order valence-electron chi connectivity index (χ4n) is 3.32. The molecule has 1 aliphatic rings. The van der Waals surface area contributed by atoms with Crippen LogP contribution in [0.3, 0.4) is 0 Å². The molecule has 0 radical (unpaired) electrons. The topological polar surface area (TPSA) is 129 Å². The number of carboxylic acid groups (broad SMARTS) is 1. The maximum absolute atomic E-state index is 13.6. The summed E-state index contributed by atoms with van der Waals surface area (Å²) < 4.78 is 40.8. The first kappa shape index (κ1) is 23.2. The lowest BCUT2D eigenvalue weighted by molar-refractivity contribution is -0.137. The van der Waals surface area contributed by atoms with E-state index < -0.39 is 59.1 Å². The summed E-state index contributed by atoms with van der Waals surface area (Å²) in [7, 11) is 0. The fraction of sp³-hybridized carbons (Fsp3) is 0.316. The average molecular weight is 470 g/mol. The van der Waals surface area contributed by atoms with Crippen molar-refractivity contribution in [2.24, 2.45) is 0 Å². The van der Waals surface area contributed by atoms with Crippen LogP contribution >= 0.6 is 11.3 Å². The first-order valence-electron chi connectivity index (χ1n) is 9.31. The van der Waals surface area contributed by atoms with E-state index in [0.29, 0.717) is 12.5 Å². The first-order chi connectivity index (χ1) is 15.1. The van der Waals surface area contributed by atoms with E-state index in [2.05, 4.69) is 15.6 Å². The maximum atomic E-state index is 13.6. The summed E-state index contributed by atoms with van der Waals surface area (Å²) in [4.78, 5) is 53.3. The normalized spacial score (nSPS) is 16.0. The number of amides is 3. The van der Waals surface area contributed by atoms with E-state index in [1.165, 1.54) is 6.20 Å². The minimum Gasteiger partial charge on any atom is -0.465 e. The lowest BCUT2D eigenvalue weighted by atomic mass is 10.0. The van der Waals surface area contributed by atoms with Gasteiger partial charge >= 0.3 is 12.3 Å². The van der Waals surface area contributed by atoms with E-state index in [9.17, 15) is 37.5 Å². The number of likely N-dealkylation sites (tertiary alicyclic amines) is 1. The summed E-state index contributed by atoms with van der Waals surface area (Å²) in [6.07, 6.45) is -5.15. The van der Waals surface area contributed by atoms with Crippen molar-refractivity contribution in [1.29, 1.82) is 0 Å². The van der Waals surface area contributed by atoms with Crippen molar-refractivity contribution in [3.05, 3.63) is 40.9 Å². The van der Waals surface area contributed by atoms with E-state index in [0.717, 1.165) is 28.4 Å². The van der Waals surface area contributed by atoms with Gasteiger partial charge < -0.3 is 15.7 Å². The zero-order valence-corrected chi connectivity index (χ0v) is 17.1. The molecule has 3 amide bonds. The van der Waals surface area contributed by atoms with Crippen LogP contribution in [-0.2, 0) is 15.8 Å². The molecule has 1 saturated heterocycles. The third kappa shape index (κ3) is 5.22. The Kier molecular flexibility index (Phi) is 6.77. The zero-order chi connectivity index (χ0) is 23.5. The molecule has 1 aromatic heterocycles. The number of alkyl halides is 3. The van der Waals surface area contributed by atoms with Crippen molar-refractivity contribution in [3.8, 4) is 0 Å². The third-order valence-corrected chi connectivity index (χ3v) is 5.41. The monoisotopic (exact) mass is 470 g/mol. The minimum absolute atomic E-state index is 0.0665. The van der Waals surface area contributed by atoms with Crippen LogP contribution in [0.5, 0.6) is 0 Å². The van der Waals surface area contributed by atoms with Crippen LogP contribution in [0.25, 0.3) is 0 Å². The van der Waals surface area contributed by atoms with Gasteiger partial charge in [-0.3, -0.25) is 19.3 Å². The second kappa shape index (κ2) is 9.34. The predicted molar refractivity (Wildman–Crippen MR) is 108 cm³/mol. The lowest BCUT2D eigenvalue weighted by Crippen LogP contribution is -2.42. The summed E-state index contributed by atoms with van der Waals surface area (Å²) in [5.74, 6) is -2.72. The van der Waals surface area contributed by atoms with Gasteiger partial charge in [-0.05, 0) is 25.0 Å². The number of carbonyl (C=O) groups is 4. The molecular weight excluding hydrogens is 453 g/mol. The first-order valence-corrected chi connectivity index (χ1v) is 10.2. The number of Topliss-reactive ketones (excluding diaryl/α,β-unsaturated/α-hetero) is 1. The Labute approximate surface area is 183 Å². The molecule has 0 aliphatic carbocycles. The summed E-state index contributed by atoms with van der Waals surface area (Å²) >= 11 is 1.10. The van der Waals surface area contributed by atoms with Crippen LogP contribution in [0.15, 0.2) is 29.8 Å². The number of nitrogens with zero attached hydrogens (tertiary/aromatic N) is 2. The highest BCUT2D eigenvalue weighted by atomic mass is 32.1. The Morgan fingerprint density at radius 1 is 1.22 bits per heavy atom. The SMILES string of the molecule is O=C(CC(=O)c1cccc(C(F)(F)F)c1NC(=O)C1CCCN1C(=O)O)Nc1nccs1. The highest BCUT2D eigenvalue weighted by Crippen LogP contribution is 2.37. The molecule has 0 bridgehead atoms. The molecule has 1 unspecified atom stereocenters. The summed E-state index contributed by atoms with van der Waals surface area (Å²) in [6, 6.07) is 1.55. The van der Waals surface area contributed by atoms with Crippen molar-refractivity contribution in [2.75, 3.05) is 17.2 Å². The Morgan fingerprint density at radius 3 is 2.59 bits per heavy atom. The number of halogens is 3. The molecule has 9 nitrogen and oxygen atoms in total. The Bertz CT molecular complexity index is 1040. The van der Waals surface area contributed by atoms with Crippen LogP contribution in [0.2, 0.25) is 0 Å². The van der Waals surface area contributed by atoms with Crippen LogP contribution in [-0.4, -0.2) is 51.3 Å². The number of rotatable bonds is 6. The number of carbonyl (C=O) groups excluding carboxylic acids is 3. The van der Waals surface area contributed by atoms with E-state index in [1.54, 1.807) is 5.38 Å². The molecule has 13 heteroatoms. The highest BCUT2D eigenvalue weighted by Gasteiger charge is 2.39. The third-order valence-electron chi connectivity index (χ3n) is 4.72. The molecule has 3 N–H and O–H groups in total. The Morgan fingerprint density at radius 2 is 1.97 bits per heavy atom. The molecule has 1 fully saturated rings. The summed E-state index contributed by atoms with van der Waals surface area (Å²) in [6.45, 7) is 0.0665. The van der Waals surface area contributed by atoms with Crippen molar-refractivity contribution < 1.29 is 37.5 Å². The molecule has 2 heterocycles. The lowest BCUT2D eigenvalue weighted by Gasteiger charge is -2.23. The molecular formula is C19H17F3N4O5S. The van der Waals surface area contributed by atoms with E-state index in [1.807, 2.05) is 0 Å². The number of ketones is 1. The number of hydrogen-bond donors (Lipinski definition) is 3. The van der Waals surface area contributed by atoms with Gasteiger partial charge in [0.25, 0.3) is 0 Å². The van der Waals surface area contributed by atoms with Crippen molar-refractivity contribution in [1.82, 2.24) is 9.88 Å². The number of thiazole rings is 1. The molecule has 170 valence electrons. The van der Waals surface area contributed by atoms with Gasteiger partial charge in [0.1, 0.15) is 6.04 Å². The van der Waals surface area contributed by atoms with Crippen molar-refractivity contribution in [3.63, 3.8) is 0 Å². The molecule has 1 aliphatic heterocycles. The van der Waals surface area contributed by atoms with Gasteiger partial charge in [-0.25, -0.2) is 9.78 Å².